The Bertz CT molecular complexity index is 521. The van der Waals surface area contributed by atoms with Crippen LogP contribution in [0, 0.1) is 0 Å². The molecule has 0 bridgehead atoms. The fraction of sp³-hybridized carbons (Fsp3) is 0.615. The largest absolute Gasteiger partial charge is 0.461 e. The van der Waals surface area contributed by atoms with Gasteiger partial charge in [0, 0.05) is 5.38 Å². The zero-order chi connectivity index (χ0) is 15.2. The van der Waals surface area contributed by atoms with Gasteiger partial charge in [-0.25, -0.2) is 14.2 Å². The molecule has 1 aliphatic carbocycles. The Hall–Kier alpha value is -1.70. The molecule has 0 aliphatic heterocycles. The van der Waals surface area contributed by atoms with E-state index in [0.717, 1.165) is 12.8 Å². The lowest BCUT2D eigenvalue weighted by Crippen LogP contribution is -2.29. The summed E-state index contributed by atoms with van der Waals surface area (Å²) in [6, 6.07) is 0. The highest BCUT2D eigenvalue weighted by molar-refractivity contribution is 7.13. The van der Waals surface area contributed by atoms with E-state index in [1.807, 2.05) is 0 Å². The van der Waals surface area contributed by atoms with E-state index in [2.05, 4.69) is 10.1 Å². The number of aromatic nitrogens is 1. The topological polar surface area (TPSA) is 86.8 Å². The first-order chi connectivity index (χ1) is 10.1. The van der Waals surface area contributed by atoms with Gasteiger partial charge in [0.2, 0.25) is 5.71 Å². The van der Waals surface area contributed by atoms with Gasteiger partial charge >= 0.3 is 5.97 Å². The van der Waals surface area contributed by atoms with E-state index in [9.17, 15) is 9.18 Å². The normalized spacial score (nSPS) is 22.9. The van der Waals surface area contributed by atoms with E-state index in [1.54, 1.807) is 12.3 Å². The molecule has 0 unspecified atom stereocenters. The molecule has 116 valence electrons. The number of esters is 1. The predicted octanol–water partition coefficient (Wildman–Crippen LogP) is 2.29. The molecule has 1 fully saturated rings. The number of rotatable bonds is 5. The molecule has 1 aromatic rings. The van der Waals surface area contributed by atoms with Crippen molar-refractivity contribution in [1.29, 1.82) is 0 Å². The van der Waals surface area contributed by atoms with Crippen molar-refractivity contribution in [1.82, 2.24) is 4.98 Å². The van der Waals surface area contributed by atoms with Crippen molar-refractivity contribution >= 4 is 28.1 Å². The molecule has 2 N–H and O–H groups in total. The Morgan fingerprint density at radius 3 is 2.95 bits per heavy atom. The lowest BCUT2D eigenvalue weighted by molar-refractivity contribution is -0.135. The smallest absolute Gasteiger partial charge is 0.362 e. The predicted molar refractivity (Wildman–Crippen MR) is 77.9 cm³/mol. The molecule has 6 nitrogen and oxygen atoms in total. The summed E-state index contributed by atoms with van der Waals surface area (Å²) in [4.78, 5) is 21.1. The first kappa shape index (κ1) is 15.7. The third kappa shape index (κ3) is 4.13. The molecule has 0 radical (unpaired) electrons. The number of halogens is 1. The van der Waals surface area contributed by atoms with Crippen molar-refractivity contribution in [3.63, 3.8) is 0 Å². The summed E-state index contributed by atoms with van der Waals surface area (Å²) in [7, 11) is 0. The number of oxime groups is 1. The molecule has 2 atom stereocenters. The Balaban J connectivity index is 2.14. The van der Waals surface area contributed by atoms with Crippen LogP contribution in [-0.2, 0) is 14.4 Å². The van der Waals surface area contributed by atoms with Crippen molar-refractivity contribution in [3.8, 4) is 0 Å². The molecule has 8 heteroatoms. The molecule has 1 aromatic heterocycles. The molecule has 0 amide bonds. The number of nitrogens with zero attached hydrogens (tertiary/aromatic N) is 2. The van der Waals surface area contributed by atoms with E-state index in [1.165, 1.54) is 11.3 Å². The quantitative estimate of drug-likeness (QED) is 0.512. The molecular weight excluding hydrogens is 297 g/mol. The first-order valence-corrected chi connectivity index (χ1v) is 7.76. The van der Waals surface area contributed by atoms with Gasteiger partial charge in [0.1, 0.15) is 11.9 Å². The van der Waals surface area contributed by atoms with E-state index in [-0.39, 0.29) is 18.0 Å². The molecule has 1 heterocycles. The average Bonchev–Trinajstić information content (AvgIpc) is 2.88. The fourth-order valence-electron chi connectivity index (χ4n) is 2.08. The second-order valence-electron chi connectivity index (χ2n) is 4.68. The Labute approximate surface area is 126 Å². The number of nitrogen functional groups attached to an aromatic ring is 1. The minimum Gasteiger partial charge on any atom is -0.461 e. The summed E-state index contributed by atoms with van der Waals surface area (Å²) in [6.45, 7) is 1.89. The van der Waals surface area contributed by atoms with Crippen LogP contribution < -0.4 is 5.73 Å². The van der Waals surface area contributed by atoms with Crippen LogP contribution in [-0.4, -0.2) is 35.5 Å². The Morgan fingerprint density at radius 1 is 1.57 bits per heavy atom. The highest BCUT2D eigenvalue weighted by Gasteiger charge is 2.28. The van der Waals surface area contributed by atoms with E-state index < -0.39 is 18.2 Å². The van der Waals surface area contributed by atoms with Crippen LogP contribution in [0.2, 0.25) is 0 Å². The van der Waals surface area contributed by atoms with Crippen molar-refractivity contribution in [3.05, 3.63) is 11.1 Å². The minimum absolute atomic E-state index is 0.0810. The van der Waals surface area contributed by atoms with Gasteiger partial charge in [-0.05, 0) is 26.2 Å². The molecule has 2 rings (SSSR count). The summed E-state index contributed by atoms with van der Waals surface area (Å²) in [5.41, 5.74) is 5.75. The van der Waals surface area contributed by atoms with Crippen molar-refractivity contribution in [2.24, 2.45) is 5.16 Å². The first-order valence-electron chi connectivity index (χ1n) is 6.88. The summed E-state index contributed by atoms with van der Waals surface area (Å²) in [5, 5.41) is 5.68. The number of anilines is 1. The number of carbonyl (C=O) groups is 1. The maximum absolute atomic E-state index is 13.7. The Morgan fingerprint density at radius 2 is 2.33 bits per heavy atom. The van der Waals surface area contributed by atoms with Crippen LogP contribution in [0.4, 0.5) is 9.52 Å². The van der Waals surface area contributed by atoms with Crippen molar-refractivity contribution in [2.45, 2.75) is 44.9 Å². The summed E-state index contributed by atoms with van der Waals surface area (Å²) >= 11 is 1.18. The average molecular weight is 315 g/mol. The van der Waals surface area contributed by atoms with Crippen LogP contribution in [0.15, 0.2) is 10.5 Å². The van der Waals surface area contributed by atoms with Crippen LogP contribution in [0.25, 0.3) is 0 Å². The number of hydrogen-bond acceptors (Lipinski definition) is 7. The fourth-order valence-corrected chi connectivity index (χ4v) is 2.62. The van der Waals surface area contributed by atoms with Crippen LogP contribution in [0.3, 0.4) is 0 Å². The second-order valence-corrected chi connectivity index (χ2v) is 5.57. The van der Waals surface area contributed by atoms with Gasteiger partial charge in [-0.1, -0.05) is 11.6 Å². The lowest BCUT2D eigenvalue weighted by Gasteiger charge is -2.23. The van der Waals surface area contributed by atoms with Crippen LogP contribution in [0.1, 0.15) is 38.3 Å². The van der Waals surface area contributed by atoms with Crippen molar-refractivity contribution < 1.29 is 18.8 Å². The van der Waals surface area contributed by atoms with Gasteiger partial charge in [0.25, 0.3) is 0 Å². The van der Waals surface area contributed by atoms with Gasteiger partial charge in [-0.15, -0.1) is 11.3 Å². The molecule has 0 aromatic carbocycles. The number of ether oxygens (including phenoxy) is 1. The maximum Gasteiger partial charge on any atom is 0.362 e. The van der Waals surface area contributed by atoms with E-state index in [0.29, 0.717) is 18.0 Å². The van der Waals surface area contributed by atoms with Gasteiger partial charge in [0.05, 0.1) is 6.61 Å². The van der Waals surface area contributed by atoms with Crippen LogP contribution in [0.5, 0.6) is 0 Å². The van der Waals surface area contributed by atoms with Crippen LogP contribution >= 0.6 is 11.3 Å². The highest BCUT2D eigenvalue weighted by Crippen LogP contribution is 2.24. The van der Waals surface area contributed by atoms with E-state index >= 15 is 0 Å². The monoisotopic (exact) mass is 315 g/mol. The molecule has 1 aliphatic rings. The maximum atomic E-state index is 13.7. The SMILES string of the molecule is CCOC(=O)/C(=N\O[C@@H]1CCCC[C@H]1F)c1csc(N)n1. The van der Waals surface area contributed by atoms with Gasteiger partial charge in [-0.2, -0.15) is 0 Å². The zero-order valence-electron chi connectivity index (χ0n) is 11.8. The molecule has 1 saturated carbocycles. The molecule has 0 saturated heterocycles. The standard InChI is InChI=1S/C13H18FN3O3S/c1-2-19-12(18)11(9-7-21-13(15)16-9)17-20-10-6-4-3-5-8(10)14/h7-8,10H,2-6H2,1H3,(H2,15,16)/b17-11-/t8-,10-/m1/s1. The number of hydrogen-bond donors (Lipinski definition) is 1. The number of carbonyl (C=O) groups excluding carboxylic acids is 1. The number of thiazole rings is 1. The molecule has 0 spiro atoms. The summed E-state index contributed by atoms with van der Waals surface area (Å²) in [6.07, 6.45) is 1.08. The van der Waals surface area contributed by atoms with Crippen molar-refractivity contribution in [2.75, 3.05) is 12.3 Å². The van der Waals surface area contributed by atoms with E-state index in [4.69, 9.17) is 15.3 Å². The van der Waals surface area contributed by atoms with Gasteiger partial charge in [-0.3, -0.25) is 0 Å². The molecule has 21 heavy (non-hydrogen) atoms. The van der Waals surface area contributed by atoms with Gasteiger partial charge in [0.15, 0.2) is 11.2 Å². The molecular formula is C13H18FN3O3S. The Kier molecular flexibility index (Phi) is 5.49. The minimum atomic E-state index is -1.06. The highest BCUT2D eigenvalue weighted by atomic mass is 32.1. The second kappa shape index (κ2) is 7.35. The number of nitrogens with two attached hydrogens (primary N) is 1. The lowest BCUT2D eigenvalue weighted by atomic mass is 9.96. The van der Waals surface area contributed by atoms with Gasteiger partial charge < -0.3 is 15.3 Å². The number of alkyl halides is 1. The summed E-state index contributed by atoms with van der Waals surface area (Å²) in [5.74, 6) is -0.658. The third-order valence-electron chi connectivity index (χ3n) is 3.13. The third-order valence-corrected chi connectivity index (χ3v) is 3.81. The summed E-state index contributed by atoms with van der Waals surface area (Å²) < 4.78 is 18.6. The zero-order valence-corrected chi connectivity index (χ0v) is 12.6.